The lowest BCUT2D eigenvalue weighted by Gasteiger charge is -2.37. The van der Waals surface area contributed by atoms with Crippen LogP contribution >= 0.6 is 15.9 Å². The molecule has 3 atom stereocenters. The monoisotopic (exact) mass is 617 g/mol. The maximum Gasteiger partial charge on any atom is 0.308 e. The van der Waals surface area contributed by atoms with Crippen molar-refractivity contribution in [3.63, 3.8) is 0 Å². The maximum absolute atomic E-state index is 14.7. The van der Waals surface area contributed by atoms with Gasteiger partial charge in [0.2, 0.25) is 0 Å². The lowest BCUT2D eigenvalue weighted by atomic mass is 9.64. The van der Waals surface area contributed by atoms with Gasteiger partial charge in [-0.1, -0.05) is 107 Å². The molecule has 7 heteroatoms. The summed E-state index contributed by atoms with van der Waals surface area (Å²) in [6, 6.07) is 26.7. The first-order valence-corrected chi connectivity index (χ1v) is 14.4. The van der Waals surface area contributed by atoms with Crippen LogP contribution in [-0.4, -0.2) is 35.4 Å². The minimum Gasteiger partial charge on any atom is -0.424 e. The Bertz CT molecular complexity index is 1790. The van der Waals surface area contributed by atoms with Crippen LogP contribution in [0.2, 0.25) is 0 Å². The fourth-order valence-electron chi connectivity index (χ4n) is 7.04. The number of benzene rings is 4. The number of esters is 1. The number of hydrogen-bond acceptors (Lipinski definition) is 6. The van der Waals surface area contributed by atoms with Gasteiger partial charge < -0.3 is 9.64 Å². The summed E-state index contributed by atoms with van der Waals surface area (Å²) >= 11 is 3.50. The standard InChI is InChI=1S/C35H24BrNO5/c1-20(38)42-27-13-7-10-22-16-19-28-35(33(40)25-11-5-6-12-26(25)34(35)41)29(21-14-17-24(36)18-15-21)31(37(28)30(22)27)32(39)23-8-3-2-4-9-23/h2-19,28-29,31H,1H3/t28-,29+,31-/m0/s1. The van der Waals surface area contributed by atoms with Crippen LogP contribution in [0, 0.1) is 5.41 Å². The lowest BCUT2D eigenvalue weighted by molar-refractivity contribution is -0.131. The third-order valence-electron chi connectivity index (χ3n) is 8.60. The number of anilines is 1. The molecule has 0 N–H and O–H groups in total. The van der Waals surface area contributed by atoms with Crippen molar-refractivity contribution in [2.24, 2.45) is 5.41 Å². The molecule has 0 aromatic heterocycles. The lowest BCUT2D eigenvalue weighted by Crippen LogP contribution is -2.48. The second-order valence-corrected chi connectivity index (χ2v) is 11.7. The zero-order valence-corrected chi connectivity index (χ0v) is 24.1. The Morgan fingerprint density at radius 1 is 0.810 bits per heavy atom. The number of ketones is 3. The Kier molecular flexibility index (Phi) is 6.10. The van der Waals surface area contributed by atoms with Gasteiger partial charge in [0.05, 0.1) is 11.7 Å². The second-order valence-electron chi connectivity index (χ2n) is 10.8. The minimum atomic E-state index is -1.63. The summed E-state index contributed by atoms with van der Waals surface area (Å²) in [6.07, 6.45) is 3.70. The van der Waals surface area contributed by atoms with Gasteiger partial charge in [-0.05, 0) is 23.8 Å². The van der Waals surface area contributed by atoms with Gasteiger partial charge in [-0.25, -0.2) is 0 Å². The molecule has 0 amide bonds. The van der Waals surface area contributed by atoms with E-state index in [2.05, 4.69) is 15.9 Å². The predicted molar refractivity (Wildman–Crippen MR) is 162 cm³/mol. The van der Waals surface area contributed by atoms with Gasteiger partial charge in [0, 0.05) is 39.6 Å². The summed E-state index contributed by atoms with van der Waals surface area (Å²) in [6.45, 7) is 1.32. The molecule has 0 radical (unpaired) electrons. The van der Waals surface area contributed by atoms with Crippen LogP contribution in [-0.2, 0) is 4.79 Å². The Morgan fingerprint density at radius 2 is 1.45 bits per heavy atom. The molecule has 1 saturated heterocycles. The highest BCUT2D eigenvalue weighted by molar-refractivity contribution is 9.10. The van der Waals surface area contributed by atoms with E-state index in [-0.39, 0.29) is 23.1 Å². The molecule has 1 aliphatic carbocycles. The maximum atomic E-state index is 14.7. The highest BCUT2D eigenvalue weighted by Gasteiger charge is 2.71. The Balaban J connectivity index is 1.57. The van der Waals surface area contributed by atoms with Crippen molar-refractivity contribution in [1.82, 2.24) is 0 Å². The minimum absolute atomic E-state index is 0.235. The second kappa shape index (κ2) is 9.74. The van der Waals surface area contributed by atoms with Gasteiger partial charge in [0.1, 0.15) is 11.5 Å². The number of Topliss-reactive ketones (excluding diaryl/α,β-unsaturated/α-hetero) is 3. The summed E-state index contributed by atoms with van der Waals surface area (Å²) in [5, 5.41) is 0. The van der Waals surface area contributed by atoms with E-state index in [4.69, 9.17) is 4.74 Å². The van der Waals surface area contributed by atoms with Gasteiger partial charge >= 0.3 is 5.97 Å². The van der Waals surface area contributed by atoms with Gasteiger partial charge in [-0.15, -0.1) is 0 Å². The van der Waals surface area contributed by atoms with Crippen LogP contribution in [0.5, 0.6) is 5.75 Å². The van der Waals surface area contributed by atoms with E-state index >= 15 is 0 Å². The van der Waals surface area contributed by atoms with E-state index in [1.807, 2.05) is 53.5 Å². The molecule has 2 heterocycles. The third-order valence-corrected chi connectivity index (χ3v) is 9.12. The largest absolute Gasteiger partial charge is 0.424 e. The molecule has 3 aliphatic rings. The number of halogens is 1. The third kappa shape index (κ3) is 3.63. The number of ether oxygens (including phenoxy) is 1. The summed E-state index contributed by atoms with van der Waals surface area (Å²) in [4.78, 5) is 58.2. The topological polar surface area (TPSA) is 80.8 Å². The van der Waals surface area contributed by atoms with E-state index in [0.29, 0.717) is 27.9 Å². The molecule has 1 fully saturated rings. The molecule has 206 valence electrons. The van der Waals surface area contributed by atoms with Crippen molar-refractivity contribution < 1.29 is 23.9 Å². The molecule has 4 aromatic carbocycles. The average molecular weight is 618 g/mol. The molecule has 7 rings (SSSR count). The fraction of sp³-hybridized carbons (Fsp3) is 0.143. The van der Waals surface area contributed by atoms with E-state index in [1.54, 1.807) is 60.7 Å². The number of fused-ring (bicyclic) bond motifs is 5. The number of nitrogens with zero attached hydrogens (tertiary/aromatic N) is 1. The summed E-state index contributed by atoms with van der Waals surface area (Å²) in [5.74, 6) is -1.96. The molecular formula is C35H24BrNO5. The van der Waals surface area contributed by atoms with Crippen molar-refractivity contribution in [2.75, 3.05) is 4.90 Å². The number of hydrogen-bond donors (Lipinski definition) is 0. The summed E-state index contributed by atoms with van der Waals surface area (Å²) in [5.41, 5.74) is 1.44. The molecule has 4 aromatic rings. The van der Waals surface area contributed by atoms with Crippen molar-refractivity contribution in [3.05, 3.63) is 135 Å². The van der Waals surface area contributed by atoms with Crippen molar-refractivity contribution in [3.8, 4) is 5.75 Å². The number of rotatable bonds is 4. The van der Waals surface area contributed by atoms with Crippen LogP contribution in [0.1, 0.15) is 55.0 Å². The van der Waals surface area contributed by atoms with Crippen LogP contribution in [0.15, 0.2) is 108 Å². The van der Waals surface area contributed by atoms with Crippen molar-refractivity contribution in [1.29, 1.82) is 0 Å². The highest BCUT2D eigenvalue weighted by atomic mass is 79.9. The molecule has 0 saturated carbocycles. The molecule has 0 bridgehead atoms. The summed E-state index contributed by atoms with van der Waals surface area (Å²) < 4.78 is 6.51. The van der Waals surface area contributed by atoms with Crippen molar-refractivity contribution in [2.45, 2.75) is 24.9 Å². The smallest absolute Gasteiger partial charge is 0.308 e. The summed E-state index contributed by atoms with van der Waals surface area (Å²) in [7, 11) is 0. The molecule has 6 nitrogen and oxygen atoms in total. The average Bonchev–Trinajstić information content (AvgIpc) is 3.43. The van der Waals surface area contributed by atoms with E-state index < -0.39 is 29.4 Å². The fourth-order valence-corrected chi connectivity index (χ4v) is 7.30. The van der Waals surface area contributed by atoms with Crippen LogP contribution < -0.4 is 9.64 Å². The van der Waals surface area contributed by atoms with Gasteiger partial charge in [0.25, 0.3) is 0 Å². The first-order chi connectivity index (χ1) is 20.3. The molecular weight excluding hydrogens is 594 g/mol. The van der Waals surface area contributed by atoms with E-state index in [1.165, 1.54) is 6.92 Å². The first kappa shape index (κ1) is 26.3. The zero-order chi connectivity index (χ0) is 29.2. The van der Waals surface area contributed by atoms with Crippen molar-refractivity contribution >= 4 is 51.0 Å². The Morgan fingerprint density at radius 3 is 2.10 bits per heavy atom. The SMILES string of the molecule is CC(=O)Oc1cccc2c1N1[C@H](C(=O)c3ccccc3)[C@@H](c3ccc(Br)cc3)C3(C(=O)c4ccccc4C3=O)[C@@H]1C=C2. The molecule has 1 spiro atoms. The van der Waals surface area contributed by atoms with Gasteiger partial charge in [-0.3, -0.25) is 19.2 Å². The van der Waals surface area contributed by atoms with Gasteiger partial charge in [-0.2, -0.15) is 0 Å². The Hall–Kier alpha value is -4.62. The predicted octanol–water partition coefficient (Wildman–Crippen LogP) is 6.69. The number of carbonyl (C=O) groups excluding carboxylic acids is 4. The molecule has 0 unspecified atom stereocenters. The van der Waals surface area contributed by atoms with E-state index in [9.17, 15) is 19.2 Å². The highest BCUT2D eigenvalue weighted by Crippen LogP contribution is 2.62. The number of carbonyl (C=O) groups is 4. The van der Waals surface area contributed by atoms with Crippen LogP contribution in [0.25, 0.3) is 6.08 Å². The zero-order valence-electron chi connectivity index (χ0n) is 22.5. The number of para-hydroxylation sites is 1. The molecule has 42 heavy (non-hydrogen) atoms. The quantitative estimate of drug-likeness (QED) is 0.110. The van der Waals surface area contributed by atoms with Gasteiger partial charge in [0.15, 0.2) is 23.1 Å². The van der Waals surface area contributed by atoms with Crippen LogP contribution in [0.3, 0.4) is 0 Å². The normalized spacial score (nSPS) is 21.2. The molecule has 2 aliphatic heterocycles. The van der Waals surface area contributed by atoms with Crippen LogP contribution in [0.4, 0.5) is 5.69 Å². The Labute approximate surface area is 250 Å². The first-order valence-electron chi connectivity index (χ1n) is 13.7. The van der Waals surface area contributed by atoms with E-state index in [0.717, 1.165) is 10.0 Å².